The summed E-state index contributed by atoms with van der Waals surface area (Å²) in [6.07, 6.45) is 3.45. The number of piperazine rings is 1. The number of anilines is 1. The van der Waals surface area contributed by atoms with E-state index >= 15 is 0 Å². The molecule has 0 bridgehead atoms. The van der Waals surface area contributed by atoms with Crippen LogP contribution in [-0.4, -0.2) is 60.2 Å². The van der Waals surface area contributed by atoms with Crippen molar-refractivity contribution in [3.63, 3.8) is 0 Å². The summed E-state index contributed by atoms with van der Waals surface area (Å²) in [4.78, 5) is 40.8. The van der Waals surface area contributed by atoms with Crippen molar-refractivity contribution in [1.29, 1.82) is 0 Å². The molecule has 0 radical (unpaired) electrons. The summed E-state index contributed by atoms with van der Waals surface area (Å²) >= 11 is 0. The second-order valence-electron chi connectivity index (χ2n) is 7.64. The van der Waals surface area contributed by atoms with E-state index in [9.17, 15) is 19.7 Å². The Morgan fingerprint density at radius 1 is 1.24 bits per heavy atom. The van der Waals surface area contributed by atoms with Crippen molar-refractivity contribution in [3.8, 4) is 0 Å². The molecule has 0 N–H and O–H groups in total. The van der Waals surface area contributed by atoms with E-state index in [1.54, 1.807) is 19.2 Å². The molecule has 0 amide bonds. The van der Waals surface area contributed by atoms with Crippen molar-refractivity contribution >= 4 is 28.2 Å². The number of likely N-dealkylation sites (N-methyl/N-ethyl adjacent to an activating group) is 1. The molecule has 9 heteroatoms. The lowest BCUT2D eigenvalue weighted by molar-refractivity contribution is -0.384. The summed E-state index contributed by atoms with van der Waals surface area (Å²) in [7, 11) is 2.02. The van der Waals surface area contributed by atoms with E-state index in [1.807, 2.05) is 16.5 Å². The van der Waals surface area contributed by atoms with Crippen LogP contribution in [0.1, 0.15) is 36.2 Å². The average molecular weight is 400 g/mol. The van der Waals surface area contributed by atoms with E-state index in [2.05, 4.69) is 4.90 Å². The predicted molar refractivity (Wildman–Crippen MR) is 109 cm³/mol. The Bertz CT molecular complexity index is 1040. The van der Waals surface area contributed by atoms with Gasteiger partial charge in [0.2, 0.25) is 5.43 Å². The van der Waals surface area contributed by atoms with E-state index in [1.165, 1.54) is 6.07 Å². The van der Waals surface area contributed by atoms with Crippen LogP contribution in [0.2, 0.25) is 0 Å². The minimum Gasteiger partial charge on any atom is -0.462 e. The molecule has 1 aromatic carbocycles. The number of ether oxygens (including phenoxy) is 1. The monoisotopic (exact) mass is 400 g/mol. The van der Waals surface area contributed by atoms with Gasteiger partial charge in [-0.2, -0.15) is 0 Å². The van der Waals surface area contributed by atoms with Crippen LogP contribution in [0.3, 0.4) is 0 Å². The van der Waals surface area contributed by atoms with Crippen LogP contribution >= 0.6 is 0 Å². The van der Waals surface area contributed by atoms with Gasteiger partial charge in [0, 0.05) is 44.5 Å². The highest BCUT2D eigenvalue weighted by molar-refractivity contribution is 5.96. The van der Waals surface area contributed by atoms with Crippen molar-refractivity contribution in [2.75, 3.05) is 44.7 Å². The average Bonchev–Trinajstić information content (AvgIpc) is 3.53. The van der Waals surface area contributed by atoms with Gasteiger partial charge in [0.05, 0.1) is 22.4 Å². The smallest absolute Gasteiger partial charge is 0.343 e. The molecule has 9 nitrogen and oxygen atoms in total. The fourth-order valence-electron chi connectivity index (χ4n) is 3.83. The van der Waals surface area contributed by atoms with Gasteiger partial charge < -0.3 is 19.1 Å². The van der Waals surface area contributed by atoms with Crippen LogP contribution in [0.15, 0.2) is 23.1 Å². The molecular weight excluding hydrogens is 376 g/mol. The first kappa shape index (κ1) is 19.4. The van der Waals surface area contributed by atoms with E-state index in [0.717, 1.165) is 25.9 Å². The molecular formula is C20H24N4O5. The molecule has 1 saturated carbocycles. The van der Waals surface area contributed by atoms with E-state index in [4.69, 9.17) is 4.74 Å². The number of aromatic nitrogens is 1. The van der Waals surface area contributed by atoms with E-state index in [-0.39, 0.29) is 29.3 Å². The highest BCUT2D eigenvalue weighted by Gasteiger charge is 2.30. The summed E-state index contributed by atoms with van der Waals surface area (Å²) in [5, 5.41) is 12.0. The Morgan fingerprint density at radius 2 is 1.93 bits per heavy atom. The SMILES string of the molecule is CCOC(=O)c1cn(C2CC2)c2cc(N3CCN(C)CC3)c([N+](=O)[O-])cc2c1=O. The van der Waals surface area contributed by atoms with Gasteiger partial charge in [-0.05, 0) is 32.9 Å². The molecule has 1 aliphatic carbocycles. The van der Waals surface area contributed by atoms with E-state index < -0.39 is 16.3 Å². The lowest BCUT2D eigenvalue weighted by Gasteiger charge is -2.33. The summed E-state index contributed by atoms with van der Waals surface area (Å²) in [6, 6.07) is 3.26. The van der Waals surface area contributed by atoms with Crippen molar-refractivity contribution in [3.05, 3.63) is 44.2 Å². The number of nitro benzene ring substituents is 1. The Hall–Kier alpha value is -2.94. The number of nitro groups is 1. The summed E-state index contributed by atoms with van der Waals surface area (Å²) in [5.41, 5.74) is 0.442. The first-order valence-electron chi connectivity index (χ1n) is 9.88. The number of benzene rings is 1. The third-order valence-electron chi connectivity index (χ3n) is 5.60. The molecule has 1 saturated heterocycles. The number of fused-ring (bicyclic) bond motifs is 1. The third kappa shape index (κ3) is 3.57. The molecule has 2 fully saturated rings. The Labute approximate surface area is 167 Å². The number of hydrogen-bond acceptors (Lipinski definition) is 7. The molecule has 0 atom stereocenters. The summed E-state index contributed by atoms with van der Waals surface area (Å²) in [5.74, 6) is -0.695. The number of hydrogen-bond donors (Lipinski definition) is 0. The molecule has 4 rings (SSSR count). The maximum absolute atomic E-state index is 13.0. The minimum atomic E-state index is -0.695. The van der Waals surface area contributed by atoms with Gasteiger partial charge in [-0.25, -0.2) is 4.79 Å². The summed E-state index contributed by atoms with van der Waals surface area (Å²) < 4.78 is 6.93. The van der Waals surface area contributed by atoms with Crippen LogP contribution in [0.5, 0.6) is 0 Å². The fourth-order valence-corrected chi connectivity index (χ4v) is 3.83. The Morgan fingerprint density at radius 3 is 2.52 bits per heavy atom. The fraction of sp³-hybridized carbons (Fsp3) is 0.500. The normalized spacial score (nSPS) is 17.5. The van der Waals surface area contributed by atoms with E-state index in [0.29, 0.717) is 24.3 Å². The largest absolute Gasteiger partial charge is 0.462 e. The second kappa shape index (κ2) is 7.47. The number of pyridine rings is 1. The Kier molecular flexibility index (Phi) is 4.99. The maximum atomic E-state index is 13.0. The van der Waals surface area contributed by atoms with Gasteiger partial charge >= 0.3 is 5.97 Å². The van der Waals surface area contributed by atoms with Gasteiger partial charge in [0.15, 0.2) is 0 Å². The molecule has 2 aromatic rings. The van der Waals surface area contributed by atoms with Crippen molar-refractivity contribution in [2.45, 2.75) is 25.8 Å². The maximum Gasteiger partial charge on any atom is 0.343 e. The van der Waals surface area contributed by atoms with Crippen LogP contribution in [0.4, 0.5) is 11.4 Å². The predicted octanol–water partition coefficient (Wildman–Crippen LogP) is 2.17. The van der Waals surface area contributed by atoms with Gasteiger partial charge in [0.25, 0.3) is 5.69 Å². The van der Waals surface area contributed by atoms with Gasteiger partial charge in [-0.3, -0.25) is 14.9 Å². The number of carbonyl (C=O) groups excluding carboxylic acids is 1. The minimum absolute atomic E-state index is 0.0760. The summed E-state index contributed by atoms with van der Waals surface area (Å²) in [6.45, 7) is 4.81. The van der Waals surface area contributed by atoms with Gasteiger partial charge in [0.1, 0.15) is 11.3 Å². The van der Waals surface area contributed by atoms with Gasteiger partial charge in [-0.1, -0.05) is 0 Å². The lowest BCUT2D eigenvalue weighted by atomic mass is 10.1. The number of rotatable bonds is 5. The first-order chi connectivity index (χ1) is 13.9. The number of carbonyl (C=O) groups is 1. The Balaban J connectivity index is 1.93. The number of esters is 1. The first-order valence-corrected chi connectivity index (χ1v) is 9.88. The molecule has 1 aliphatic heterocycles. The molecule has 2 heterocycles. The van der Waals surface area contributed by atoms with Crippen LogP contribution in [-0.2, 0) is 4.74 Å². The molecule has 2 aliphatic rings. The molecule has 0 unspecified atom stereocenters. The van der Waals surface area contributed by atoms with Crippen molar-refractivity contribution < 1.29 is 14.5 Å². The lowest BCUT2D eigenvalue weighted by Crippen LogP contribution is -2.44. The zero-order valence-electron chi connectivity index (χ0n) is 16.6. The van der Waals surface area contributed by atoms with Crippen LogP contribution in [0.25, 0.3) is 10.9 Å². The highest BCUT2D eigenvalue weighted by atomic mass is 16.6. The number of nitrogens with zero attached hydrogens (tertiary/aromatic N) is 4. The zero-order chi connectivity index (χ0) is 20.7. The molecule has 29 heavy (non-hydrogen) atoms. The van der Waals surface area contributed by atoms with Crippen LogP contribution in [0, 0.1) is 10.1 Å². The quantitative estimate of drug-likeness (QED) is 0.431. The second-order valence-corrected chi connectivity index (χ2v) is 7.64. The molecule has 0 spiro atoms. The van der Waals surface area contributed by atoms with Gasteiger partial charge in [-0.15, -0.1) is 0 Å². The molecule has 154 valence electrons. The zero-order valence-corrected chi connectivity index (χ0v) is 16.6. The van der Waals surface area contributed by atoms with Crippen LogP contribution < -0.4 is 10.3 Å². The van der Waals surface area contributed by atoms with Crippen molar-refractivity contribution in [1.82, 2.24) is 9.47 Å². The topological polar surface area (TPSA) is 97.9 Å². The standard InChI is InChI=1S/C20H24N4O5/c1-3-29-20(26)15-12-23(13-4-5-13)16-11-17(22-8-6-21(2)7-9-22)18(24(27)28)10-14(16)19(15)25/h10-13H,3-9H2,1-2H3. The van der Waals surface area contributed by atoms with Crippen molar-refractivity contribution in [2.24, 2.45) is 0 Å². The molecule has 1 aromatic heterocycles. The third-order valence-corrected chi connectivity index (χ3v) is 5.60. The highest BCUT2D eigenvalue weighted by Crippen LogP contribution is 2.39.